The van der Waals surface area contributed by atoms with Crippen LogP contribution >= 0.6 is 11.6 Å². The summed E-state index contributed by atoms with van der Waals surface area (Å²) >= 11 is 5.80. The van der Waals surface area contributed by atoms with Crippen molar-refractivity contribution in [1.29, 1.82) is 0 Å². The molecule has 0 saturated carbocycles. The Morgan fingerprint density at radius 1 is 1.33 bits per heavy atom. The quantitative estimate of drug-likeness (QED) is 0.661. The van der Waals surface area contributed by atoms with Crippen molar-refractivity contribution >= 4 is 34.6 Å². The van der Waals surface area contributed by atoms with E-state index in [0.717, 1.165) is 6.07 Å². The van der Waals surface area contributed by atoms with Crippen LogP contribution in [0.1, 0.15) is 10.4 Å². The fourth-order valence-corrected chi connectivity index (χ4v) is 1.98. The maximum atomic E-state index is 13.5. The van der Waals surface area contributed by atoms with Crippen LogP contribution in [-0.2, 0) is 0 Å². The molecule has 0 unspecified atom stereocenters. The summed E-state index contributed by atoms with van der Waals surface area (Å²) in [6, 6.07) is 7.55. The van der Waals surface area contributed by atoms with Crippen LogP contribution in [0.15, 0.2) is 36.4 Å². The molecule has 0 aliphatic rings. The van der Waals surface area contributed by atoms with E-state index >= 15 is 0 Å². The maximum absolute atomic E-state index is 13.5. The Kier molecular flexibility index (Phi) is 4.04. The molecular weight excluding hydrogens is 303 g/mol. The Hall–Kier alpha value is -2.67. The Balaban J connectivity index is 2.39. The molecule has 2 aromatic carbocycles. The van der Waals surface area contributed by atoms with E-state index in [1.54, 1.807) is 0 Å². The molecule has 0 fully saturated rings. The Morgan fingerprint density at radius 3 is 2.62 bits per heavy atom. The van der Waals surface area contributed by atoms with E-state index in [-0.39, 0.29) is 16.3 Å². The molecule has 21 heavy (non-hydrogen) atoms. The van der Waals surface area contributed by atoms with E-state index in [9.17, 15) is 19.3 Å². The highest BCUT2D eigenvalue weighted by Crippen LogP contribution is 2.31. The van der Waals surface area contributed by atoms with Gasteiger partial charge in [0.1, 0.15) is 5.69 Å². The standard InChI is InChI=1S/C13H8ClFN2O4/c14-9-6-7(4-5-8(9)13(18)19)16-11-3-1-2-10(15)12(11)17(20)21/h1-6,16H,(H,18,19). The third-order valence-corrected chi connectivity index (χ3v) is 2.96. The van der Waals surface area contributed by atoms with Gasteiger partial charge in [-0.3, -0.25) is 10.1 Å². The van der Waals surface area contributed by atoms with E-state index in [1.165, 1.54) is 30.3 Å². The van der Waals surface area contributed by atoms with E-state index in [0.29, 0.717) is 5.69 Å². The second-order valence-corrected chi connectivity index (χ2v) is 4.43. The fourth-order valence-electron chi connectivity index (χ4n) is 1.72. The molecular formula is C13H8ClFN2O4. The lowest BCUT2D eigenvalue weighted by molar-refractivity contribution is -0.386. The zero-order valence-corrected chi connectivity index (χ0v) is 11.1. The SMILES string of the molecule is O=C(O)c1ccc(Nc2cccc(F)c2[N+](=O)[O-])cc1Cl. The summed E-state index contributed by atoms with van der Waals surface area (Å²) < 4.78 is 13.5. The monoisotopic (exact) mass is 310 g/mol. The molecule has 8 heteroatoms. The number of nitro groups is 1. The van der Waals surface area contributed by atoms with Crippen LogP contribution in [0.4, 0.5) is 21.5 Å². The zero-order valence-electron chi connectivity index (χ0n) is 10.3. The number of nitro benzene ring substituents is 1. The van der Waals surface area contributed by atoms with Gasteiger partial charge in [-0.1, -0.05) is 17.7 Å². The van der Waals surface area contributed by atoms with Gasteiger partial charge in [0.2, 0.25) is 5.82 Å². The number of para-hydroxylation sites is 1. The van der Waals surface area contributed by atoms with Gasteiger partial charge < -0.3 is 10.4 Å². The predicted molar refractivity (Wildman–Crippen MR) is 74.7 cm³/mol. The van der Waals surface area contributed by atoms with Gasteiger partial charge in [-0.15, -0.1) is 0 Å². The van der Waals surface area contributed by atoms with Gasteiger partial charge in [0.15, 0.2) is 0 Å². The van der Waals surface area contributed by atoms with E-state index in [4.69, 9.17) is 16.7 Å². The van der Waals surface area contributed by atoms with Gasteiger partial charge in [-0.05, 0) is 30.3 Å². The van der Waals surface area contributed by atoms with Crippen molar-refractivity contribution in [3.05, 3.63) is 62.9 Å². The first-order chi connectivity index (χ1) is 9.90. The number of carbonyl (C=O) groups is 1. The molecule has 6 nitrogen and oxygen atoms in total. The summed E-state index contributed by atoms with van der Waals surface area (Å²) in [5.74, 6) is -2.17. The topological polar surface area (TPSA) is 92.5 Å². The van der Waals surface area contributed by atoms with Crippen molar-refractivity contribution in [1.82, 2.24) is 0 Å². The van der Waals surface area contributed by atoms with E-state index in [1.807, 2.05) is 0 Å². The lowest BCUT2D eigenvalue weighted by Gasteiger charge is -2.08. The molecule has 2 aromatic rings. The number of anilines is 2. The number of hydrogen-bond acceptors (Lipinski definition) is 4. The summed E-state index contributed by atoms with van der Waals surface area (Å²) in [7, 11) is 0. The smallest absolute Gasteiger partial charge is 0.337 e. The first-order valence-electron chi connectivity index (χ1n) is 5.63. The summed E-state index contributed by atoms with van der Waals surface area (Å²) in [5.41, 5.74) is -0.551. The number of nitrogens with zero attached hydrogens (tertiary/aromatic N) is 1. The van der Waals surface area contributed by atoms with Crippen LogP contribution in [0.25, 0.3) is 0 Å². The van der Waals surface area contributed by atoms with Gasteiger partial charge in [0, 0.05) is 5.69 Å². The van der Waals surface area contributed by atoms with Gasteiger partial charge in [0.05, 0.1) is 15.5 Å². The molecule has 108 valence electrons. The molecule has 0 aliphatic carbocycles. The third kappa shape index (κ3) is 3.09. The zero-order chi connectivity index (χ0) is 15.6. The summed E-state index contributed by atoms with van der Waals surface area (Å²) in [6.07, 6.45) is 0. The molecule has 0 heterocycles. The predicted octanol–water partition coefficient (Wildman–Crippen LogP) is 3.83. The van der Waals surface area contributed by atoms with Crippen LogP contribution in [0.2, 0.25) is 5.02 Å². The van der Waals surface area contributed by atoms with Crippen LogP contribution in [0.5, 0.6) is 0 Å². The van der Waals surface area contributed by atoms with Gasteiger partial charge >= 0.3 is 11.7 Å². The molecule has 0 aliphatic heterocycles. The van der Waals surface area contributed by atoms with Crippen molar-refractivity contribution in [2.45, 2.75) is 0 Å². The van der Waals surface area contributed by atoms with Crippen molar-refractivity contribution in [2.75, 3.05) is 5.32 Å². The van der Waals surface area contributed by atoms with Crippen LogP contribution in [0, 0.1) is 15.9 Å². The normalized spacial score (nSPS) is 10.2. The minimum atomic E-state index is -1.19. The average molecular weight is 311 g/mol. The maximum Gasteiger partial charge on any atom is 0.337 e. The summed E-state index contributed by atoms with van der Waals surface area (Å²) in [6.45, 7) is 0. The van der Waals surface area contributed by atoms with Crippen LogP contribution in [0.3, 0.4) is 0 Å². The second-order valence-electron chi connectivity index (χ2n) is 4.02. The number of nitrogens with one attached hydrogen (secondary N) is 1. The van der Waals surface area contributed by atoms with Gasteiger partial charge in [0.25, 0.3) is 0 Å². The van der Waals surface area contributed by atoms with E-state index in [2.05, 4.69) is 5.32 Å². The highest BCUT2D eigenvalue weighted by Gasteiger charge is 2.20. The lowest BCUT2D eigenvalue weighted by Crippen LogP contribution is -2.01. The lowest BCUT2D eigenvalue weighted by atomic mass is 10.2. The molecule has 0 spiro atoms. The van der Waals surface area contributed by atoms with E-state index < -0.39 is 22.4 Å². The minimum absolute atomic E-state index is 0.0356. The van der Waals surface area contributed by atoms with Gasteiger partial charge in [-0.25, -0.2) is 4.79 Å². The minimum Gasteiger partial charge on any atom is -0.478 e. The Morgan fingerprint density at radius 2 is 2.05 bits per heavy atom. The van der Waals surface area contributed by atoms with Gasteiger partial charge in [-0.2, -0.15) is 4.39 Å². The Labute approximate surface area is 122 Å². The highest BCUT2D eigenvalue weighted by molar-refractivity contribution is 6.33. The number of carboxylic acids is 1. The first kappa shape index (κ1) is 14.7. The van der Waals surface area contributed by atoms with Crippen LogP contribution in [-0.4, -0.2) is 16.0 Å². The van der Waals surface area contributed by atoms with Crippen molar-refractivity contribution in [2.24, 2.45) is 0 Å². The second kappa shape index (κ2) is 5.76. The van der Waals surface area contributed by atoms with Crippen LogP contribution < -0.4 is 5.32 Å². The number of rotatable bonds is 4. The first-order valence-corrected chi connectivity index (χ1v) is 6.00. The van der Waals surface area contributed by atoms with Crippen molar-refractivity contribution in [3.63, 3.8) is 0 Å². The molecule has 2 N–H and O–H groups in total. The number of carboxylic acid groups (broad SMARTS) is 1. The number of hydrogen-bond donors (Lipinski definition) is 2. The molecule has 0 atom stereocenters. The summed E-state index contributed by atoms with van der Waals surface area (Å²) in [4.78, 5) is 20.9. The molecule has 0 saturated heterocycles. The summed E-state index contributed by atoms with van der Waals surface area (Å²) in [5, 5.41) is 22.3. The van der Waals surface area contributed by atoms with Crippen molar-refractivity contribution < 1.29 is 19.2 Å². The molecule has 0 aromatic heterocycles. The molecule has 0 bridgehead atoms. The average Bonchev–Trinajstić information content (AvgIpc) is 2.37. The van der Waals surface area contributed by atoms with Crippen molar-refractivity contribution in [3.8, 4) is 0 Å². The highest BCUT2D eigenvalue weighted by atomic mass is 35.5. The number of aromatic carboxylic acids is 1. The molecule has 2 rings (SSSR count). The number of halogens is 2. The Bertz CT molecular complexity index is 736. The molecule has 0 radical (unpaired) electrons. The number of benzene rings is 2. The fraction of sp³-hybridized carbons (Fsp3) is 0. The molecule has 0 amide bonds. The third-order valence-electron chi connectivity index (χ3n) is 2.65. The largest absolute Gasteiger partial charge is 0.478 e.